The molecule has 0 aliphatic heterocycles. The van der Waals surface area contributed by atoms with Gasteiger partial charge in [0.05, 0.1) is 25.0 Å². The Morgan fingerprint density at radius 3 is 2.20 bits per heavy atom. The molecule has 0 heterocycles. The van der Waals surface area contributed by atoms with Gasteiger partial charge in [-0.25, -0.2) is 4.79 Å². The number of esters is 2. The van der Waals surface area contributed by atoms with Crippen molar-refractivity contribution in [1.29, 1.82) is 0 Å². The highest BCUT2D eigenvalue weighted by Crippen LogP contribution is 2.32. The van der Waals surface area contributed by atoms with Crippen LogP contribution < -0.4 is 0 Å². The Balaban J connectivity index is 2.32. The van der Waals surface area contributed by atoms with Crippen LogP contribution in [0.15, 0.2) is 66.9 Å². The summed E-state index contributed by atoms with van der Waals surface area (Å²) < 4.78 is 9.54. The third-order valence-corrected chi connectivity index (χ3v) is 3.72. The molecular weight excluding hydrogens is 320 g/mol. The van der Waals surface area contributed by atoms with Crippen molar-refractivity contribution in [3.05, 3.63) is 83.6 Å². The van der Waals surface area contributed by atoms with Crippen molar-refractivity contribution in [2.24, 2.45) is 0 Å². The summed E-state index contributed by atoms with van der Waals surface area (Å²) in [5.74, 6) is -1.32. The first-order valence-electron chi connectivity index (χ1n) is 7.78. The molecule has 0 amide bonds. The topological polar surface area (TPSA) is 72.8 Å². The lowest BCUT2D eigenvalue weighted by atomic mass is 9.88. The van der Waals surface area contributed by atoms with E-state index < -0.39 is 24.0 Å². The molecule has 130 valence electrons. The maximum Gasteiger partial charge on any atom is 0.337 e. The molecule has 1 N–H and O–H groups in total. The van der Waals surface area contributed by atoms with E-state index >= 15 is 0 Å². The van der Waals surface area contributed by atoms with Crippen LogP contribution in [0.1, 0.15) is 40.4 Å². The predicted molar refractivity (Wildman–Crippen MR) is 92.8 cm³/mol. The van der Waals surface area contributed by atoms with Crippen molar-refractivity contribution in [1.82, 2.24) is 0 Å². The number of rotatable bonds is 6. The first kappa shape index (κ1) is 18.4. The molecule has 0 aromatic heterocycles. The van der Waals surface area contributed by atoms with Crippen LogP contribution in [0, 0.1) is 0 Å². The maximum absolute atomic E-state index is 11.6. The minimum Gasteiger partial charge on any atom is -0.465 e. The lowest BCUT2D eigenvalue weighted by Crippen LogP contribution is -2.10. The van der Waals surface area contributed by atoms with Gasteiger partial charge in [-0.3, -0.25) is 4.79 Å². The Morgan fingerprint density at radius 2 is 1.64 bits per heavy atom. The molecular formula is C20H20O5. The van der Waals surface area contributed by atoms with Gasteiger partial charge >= 0.3 is 11.9 Å². The van der Waals surface area contributed by atoms with Crippen molar-refractivity contribution >= 4 is 11.9 Å². The molecule has 0 radical (unpaired) electrons. The van der Waals surface area contributed by atoms with Crippen molar-refractivity contribution in [2.45, 2.75) is 18.9 Å². The molecule has 0 spiro atoms. The number of aliphatic hydroxyl groups is 1. The van der Waals surface area contributed by atoms with Gasteiger partial charge in [-0.05, 0) is 29.3 Å². The minimum absolute atomic E-state index is 0.420. The molecule has 0 fully saturated rings. The zero-order valence-electron chi connectivity index (χ0n) is 14.1. The van der Waals surface area contributed by atoms with Gasteiger partial charge in [0.2, 0.25) is 0 Å². The minimum atomic E-state index is -0.836. The second kappa shape index (κ2) is 8.80. The summed E-state index contributed by atoms with van der Waals surface area (Å²) in [5, 5.41) is 10.7. The van der Waals surface area contributed by atoms with Crippen molar-refractivity contribution in [3.8, 4) is 0 Å². The lowest BCUT2D eigenvalue weighted by molar-refractivity contribution is -0.135. The summed E-state index contributed by atoms with van der Waals surface area (Å²) in [7, 11) is 1.32. The van der Waals surface area contributed by atoms with Crippen LogP contribution in [-0.4, -0.2) is 24.2 Å². The lowest BCUT2D eigenvalue weighted by Gasteiger charge is -2.21. The molecule has 0 aliphatic rings. The van der Waals surface area contributed by atoms with Gasteiger partial charge < -0.3 is 14.6 Å². The standard InChI is InChI=1S/C20H20O5/c1-14(21)25-13-12-18(19(22)16-6-4-3-5-7-16)15-8-10-17(11-9-15)20(23)24-2/h3-13,18-19,22H,1-2H3/b13-12-/t18-,19-/m0/s1. The molecule has 2 aromatic rings. The zero-order valence-corrected chi connectivity index (χ0v) is 14.1. The van der Waals surface area contributed by atoms with Crippen LogP contribution in [0.5, 0.6) is 0 Å². The number of benzene rings is 2. The number of carbonyl (C=O) groups is 2. The van der Waals surface area contributed by atoms with E-state index in [1.807, 2.05) is 30.3 Å². The molecule has 2 atom stereocenters. The first-order chi connectivity index (χ1) is 12.0. The third-order valence-electron chi connectivity index (χ3n) is 3.72. The summed E-state index contributed by atoms with van der Waals surface area (Å²) in [6.07, 6.45) is 2.05. The smallest absolute Gasteiger partial charge is 0.337 e. The summed E-state index contributed by atoms with van der Waals surface area (Å²) in [5.41, 5.74) is 1.92. The van der Waals surface area contributed by atoms with Gasteiger partial charge in [-0.1, -0.05) is 42.5 Å². The molecule has 5 heteroatoms. The Morgan fingerprint density at radius 1 is 1.00 bits per heavy atom. The van der Waals surface area contributed by atoms with E-state index in [1.165, 1.54) is 20.3 Å². The second-order valence-electron chi connectivity index (χ2n) is 5.43. The van der Waals surface area contributed by atoms with Gasteiger partial charge in [0.25, 0.3) is 0 Å². The van der Waals surface area contributed by atoms with Gasteiger partial charge in [-0.15, -0.1) is 0 Å². The van der Waals surface area contributed by atoms with Crippen molar-refractivity contribution in [3.63, 3.8) is 0 Å². The molecule has 0 saturated carbocycles. The van der Waals surface area contributed by atoms with Gasteiger partial charge in [0.15, 0.2) is 0 Å². The van der Waals surface area contributed by atoms with E-state index in [-0.39, 0.29) is 0 Å². The highest BCUT2D eigenvalue weighted by atomic mass is 16.5. The Hall–Kier alpha value is -2.92. The summed E-state index contributed by atoms with van der Waals surface area (Å²) in [6, 6.07) is 15.9. The number of hydrogen-bond acceptors (Lipinski definition) is 5. The van der Waals surface area contributed by atoms with Crippen LogP contribution >= 0.6 is 0 Å². The molecule has 2 rings (SSSR count). The molecule has 0 bridgehead atoms. The second-order valence-corrected chi connectivity index (χ2v) is 5.43. The fourth-order valence-electron chi connectivity index (χ4n) is 2.44. The third kappa shape index (κ3) is 5.02. The van der Waals surface area contributed by atoms with Gasteiger partial charge in [0, 0.05) is 12.8 Å². The Kier molecular flexibility index (Phi) is 6.48. The molecule has 5 nitrogen and oxygen atoms in total. The molecule has 0 unspecified atom stereocenters. The number of aliphatic hydroxyl groups excluding tert-OH is 1. The molecule has 2 aromatic carbocycles. The van der Waals surface area contributed by atoms with E-state index in [0.717, 1.165) is 11.1 Å². The quantitative estimate of drug-likeness (QED) is 0.645. The Bertz CT molecular complexity index is 734. The molecule has 25 heavy (non-hydrogen) atoms. The molecule has 0 saturated heterocycles. The van der Waals surface area contributed by atoms with Crippen LogP contribution in [0.4, 0.5) is 0 Å². The number of carbonyl (C=O) groups excluding carboxylic acids is 2. The van der Waals surface area contributed by atoms with Crippen molar-refractivity contribution in [2.75, 3.05) is 7.11 Å². The summed E-state index contributed by atoms with van der Waals surface area (Å²) in [4.78, 5) is 22.5. The highest BCUT2D eigenvalue weighted by molar-refractivity contribution is 5.89. The van der Waals surface area contributed by atoms with Gasteiger partial charge in [0.1, 0.15) is 0 Å². The Labute approximate surface area is 146 Å². The SMILES string of the molecule is COC(=O)c1ccc([C@H](/C=C\OC(C)=O)[C@@H](O)c2ccccc2)cc1. The average Bonchev–Trinajstić information content (AvgIpc) is 2.65. The molecule has 0 aliphatic carbocycles. The number of hydrogen-bond donors (Lipinski definition) is 1. The number of methoxy groups -OCH3 is 1. The average molecular weight is 340 g/mol. The van der Waals surface area contributed by atoms with E-state index in [1.54, 1.807) is 30.3 Å². The summed E-state index contributed by atoms with van der Waals surface area (Å²) >= 11 is 0. The zero-order chi connectivity index (χ0) is 18.2. The van der Waals surface area contributed by atoms with Crippen molar-refractivity contribution < 1.29 is 24.2 Å². The fraction of sp³-hybridized carbons (Fsp3) is 0.200. The highest BCUT2D eigenvalue weighted by Gasteiger charge is 2.21. The van der Waals surface area contributed by atoms with Crippen LogP contribution in [0.2, 0.25) is 0 Å². The van der Waals surface area contributed by atoms with E-state index in [9.17, 15) is 14.7 Å². The summed E-state index contributed by atoms with van der Waals surface area (Å²) in [6.45, 7) is 1.30. The van der Waals surface area contributed by atoms with Crippen LogP contribution in [-0.2, 0) is 14.3 Å². The van der Waals surface area contributed by atoms with Crippen LogP contribution in [0.3, 0.4) is 0 Å². The fourth-order valence-corrected chi connectivity index (χ4v) is 2.44. The van der Waals surface area contributed by atoms with E-state index in [2.05, 4.69) is 4.74 Å². The maximum atomic E-state index is 11.6. The normalized spacial score (nSPS) is 13.2. The van der Waals surface area contributed by atoms with Crippen LogP contribution in [0.25, 0.3) is 0 Å². The largest absolute Gasteiger partial charge is 0.465 e. The monoisotopic (exact) mass is 340 g/mol. The van der Waals surface area contributed by atoms with E-state index in [4.69, 9.17) is 4.74 Å². The van der Waals surface area contributed by atoms with E-state index in [0.29, 0.717) is 5.56 Å². The predicted octanol–water partition coefficient (Wildman–Crippen LogP) is 3.37. The first-order valence-corrected chi connectivity index (χ1v) is 7.78. The van der Waals surface area contributed by atoms with Gasteiger partial charge in [-0.2, -0.15) is 0 Å². The number of ether oxygens (including phenoxy) is 2.